The molecule has 0 saturated heterocycles. The quantitative estimate of drug-likeness (QED) is 0.452. The summed E-state index contributed by atoms with van der Waals surface area (Å²) >= 11 is 0. The van der Waals surface area contributed by atoms with Crippen LogP contribution in [0.5, 0.6) is 0 Å². The number of hydrogen-bond donors (Lipinski definition) is 0. The van der Waals surface area contributed by atoms with Gasteiger partial charge in [-0.2, -0.15) is 5.10 Å². The highest BCUT2D eigenvalue weighted by Crippen LogP contribution is 2.29. The molecule has 0 aliphatic rings. The highest BCUT2D eigenvalue weighted by Gasteiger charge is 2.18. The molecule has 0 aliphatic carbocycles. The van der Waals surface area contributed by atoms with Gasteiger partial charge in [-0.25, -0.2) is 9.97 Å². The average molecular weight is 410 g/mol. The number of pyridine rings is 2. The summed E-state index contributed by atoms with van der Waals surface area (Å²) in [6.07, 6.45) is 7.71. The highest BCUT2D eigenvalue weighted by atomic mass is 16.1. The van der Waals surface area contributed by atoms with Crippen molar-refractivity contribution in [3.63, 3.8) is 0 Å². The van der Waals surface area contributed by atoms with Crippen LogP contribution >= 0.6 is 0 Å². The molecule has 4 aromatic heterocycles. The molecule has 0 radical (unpaired) electrons. The van der Waals surface area contributed by atoms with Gasteiger partial charge in [-0.15, -0.1) is 0 Å². The van der Waals surface area contributed by atoms with E-state index in [1.54, 1.807) is 28.0 Å². The molecule has 0 saturated carbocycles. The third-order valence-electron chi connectivity index (χ3n) is 5.80. The van der Waals surface area contributed by atoms with E-state index in [4.69, 9.17) is 0 Å². The van der Waals surface area contributed by atoms with E-state index in [1.807, 2.05) is 50.6 Å². The smallest absolute Gasteiger partial charge is 0.259 e. The lowest BCUT2D eigenvalue weighted by Crippen LogP contribution is -2.23. The lowest BCUT2D eigenvalue weighted by Gasteiger charge is -2.18. The van der Waals surface area contributed by atoms with Crippen molar-refractivity contribution < 1.29 is 0 Å². The Hall–Kier alpha value is -3.87. The zero-order chi connectivity index (χ0) is 21.5. The van der Waals surface area contributed by atoms with Crippen LogP contribution in [0.1, 0.15) is 24.2 Å². The maximum absolute atomic E-state index is 13.4. The van der Waals surface area contributed by atoms with Crippen molar-refractivity contribution in [1.82, 2.24) is 29.3 Å². The third kappa shape index (κ3) is 3.28. The monoisotopic (exact) mass is 410 g/mol. The second-order valence-corrected chi connectivity index (χ2v) is 7.90. The minimum atomic E-state index is -0.00975. The van der Waals surface area contributed by atoms with Gasteiger partial charge in [-0.3, -0.25) is 14.5 Å². The molecule has 0 aliphatic heterocycles. The van der Waals surface area contributed by atoms with Crippen LogP contribution in [0.15, 0.2) is 66.1 Å². The Morgan fingerprint density at radius 1 is 1.06 bits per heavy atom. The summed E-state index contributed by atoms with van der Waals surface area (Å²) in [6.45, 7) is 2.11. The Kier molecular flexibility index (Phi) is 4.58. The molecular weight excluding hydrogens is 388 g/mol. The molecule has 7 heteroatoms. The van der Waals surface area contributed by atoms with Crippen molar-refractivity contribution in [3.05, 3.63) is 83.1 Å². The molecule has 154 valence electrons. The van der Waals surface area contributed by atoms with Gasteiger partial charge in [0.15, 0.2) is 0 Å². The van der Waals surface area contributed by atoms with Crippen LogP contribution in [0.3, 0.4) is 0 Å². The fourth-order valence-corrected chi connectivity index (χ4v) is 4.23. The van der Waals surface area contributed by atoms with Crippen molar-refractivity contribution in [2.24, 2.45) is 14.1 Å². The maximum Gasteiger partial charge on any atom is 0.259 e. The average Bonchev–Trinajstić information content (AvgIpc) is 3.22. The van der Waals surface area contributed by atoms with E-state index in [9.17, 15) is 4.79 Å². The van der Waals surface area contributed by atoms with Crippen LogP contribution in [-0.4, -0.2) is 29.3 Å². The molecule has 1 atom stereocenters. The molecule has 5 aromatic rings. The van der Waals surface area contributed by atoms with Crippen LogP contribution in [0.4, 0.5) is 0 Å². The van der Waals surface area contributed by atoms with Gasteiger partial charge in [0.05, 0.1) is 22.8 Å². The summed E-state index contributed by atoms with van der Waals surface area (Å²) in [4.78, 5) is 26.7. The zero-order valence-corrected chi connectivity index (χ0v) is 17.6. The number of aromatic nitrogens is 6. The van der Waals surface area contributed by atoms with E-state index in [1.165, 1.54) is 0 Å². The molecule has 0 bridgehead atoms. The van der Waals surface area contributed by atoms with Crippen LogP contribution < -0.4 is 5.56 Å². The SMILES string of the molecule is C[C@H](Cc1ncnc2cccnc12)c1cc2cccc(-c3cnn(C)c3)c2c(=O)n1C. The Morgan fingerprint density at radius 2 is 1.94 bits per heavy atom. The lowest BCUT2D eigenvalue weighted by atomic mass is 9.95. The van der Waals surface area contributed by atoms with Gasteiger partial charge in [0.25, 0.3) is 5.56 Å². The number of aryl methyl sites for hydroxylation is 1. The van der Waals surface area contributed by atoms with E-state index in [0.29, 0.717) is 11.8 Å². The molecule has 0 N–H and O–H groups in total. The molecular formula is C24H22N6O. The first-order valence-corrected chi connectivity index (χ1v) is 10.2. The molecule has 4 heterocycles. The summed E-state index contributed by atoms with van der Waals surface area (Å²) in [6, 6.07) is 11.9. The molecule has 1 aromatic carbocycles. The number of fused-ring (bicyclic) bond motifs is 2. The molecule has 7 nitrogen and oxygen atoms in total. The van der Waals surface area contributed by atoms with Crippen LogP contribution in [0.25, 0.3) is 32.9 Å². The van der Waals surface area contributed by atoms with E-state index in [-0.39, 0.29) is 11.5 Å². The fourth-order valence-electron chi connectivity index (χ4n) is 4.23. The van der Waals surface area contributed by atoms with Crippen LogP contribution in [-0.2, 0) is 20.5 Å². The van der Waals surface area contributed by atoms with Crippen molar-refractivity contribution in [1.29, 1.82) is 0 Å². The van der Waals surface area contributed by atoms with Gasteiger partial charge in [0.2, 0.25) is 0 Å². The fraction of sp³-hybridized carbons (Fsp3) is 0.208. The topological polar surface area (TPSA) is 78.5 Å². The van der Waals surface area contributed by atoms with Crippen LogP contribution in [0, 0.1) is 0 Å². The minimum Gasteiger partial charge on any atom is -0.315 e. The first-order valence-electron chi connectivity index (χ1n) is 10.2. The van der Waals surface area contributed by atoms with E-state index >= 15 is 0 Å². The van der Waals surface area contributed by atoms with E-state index in [0.717, 1.165) is 38.9 Å². The predicted molar refractivity (Wildman–Crippen MR) is 121 cm³/mol. The van der Waals surface area contributed by atoms with E-state index < -0.39 is 0 Å². The summed E-state index contributed by atoms with van der Waals surface area (Å²) in [5.74, 6) is 0.0734. The Labute approximate surface area is 179 Å². The number of nitrogens with zero attached hydrogens (tertiary/aromatic N) is 6. The van der Waals surface area contributed by atoms with Crippen LogP contribution in [0.2, 0.25) is 0 Å². The maximum atomic E-state index is 13.4. The predicted octanol–water partition coefficient (Wildman–Crippen LogP) is 3.62. The third-order valence-corrected chi connectivity index (χ3v) is 5.80. The second kappa shape index (κ2) is 7.43. The Balaban J connectivity index is 1.61. The highest BCUT2D eigenvalue weighted by molar-refractivity contribution is 5.96. The lowest BCUT2D eigenvalue weighted by molar-refractivity contribution is 0.657. The molecule has 5 rings (SSSR count). The van der Waals surface area contributed by atoms with Gasteiger partial charge < -0.3 is 4.57 Å². The Morgan fingerprint density at radius 3 is 2.74 bits per heavy atom. The van der Waals surface area contributed by atoms with Crippen molar-refractivity contribution >= 4 is 21.8 Å². The van der Waals surface area contributed by atoms with Crippen molar-refractivity contribution in [2.45, 2.75) is 19.3 Å². The standard InChI is InChI=1S/C24H22N6O/c1-15(10-20-23-19(26-14-27-20)8-5-9-25-23)21-11-16-6-4-7-18(17-12-28-29(2)13-17)22(16)24(31)30(21)3/h4-9,11-15H,10H2,1-3H3/t15-/m1/s1. The van der Waals surface area contributed by atoms with E-state index in [2.05, 4.69) is 33.0 Å². The number of rotatable bonds is 4. The van der Waals surface area contributed by atoms with Gasteiger partial charge in [-0.1, -0.05) is 25.1 Å². The number of benzene rings is 1. The first-order chi connectivity index (χ1) is 15.0. The van der Waals surface area contributed by atoms with Crippen molar-refractivity contribution in [3.8, 4) is 11.1 Å². The largest absolute Gasteiger partial charge is 0.315 e. The van der Waals surface area contributed by atoms with Gasteiger partial charge in [-0.05, 0) is 29.1 Å². The Bertz CT molecular complexity index is 1480. The first kappa shape index (κ1) is 19.1. The van der Waals surface area contributed by atoms with Gasteiger partial charge >= 0.3 is 0 Å². The van der Waals surface area contributed by atoms with Crippen molar-refractivity contribution in [2.75, 3.05) is 0 Å². The molecule has 0 fully saturated rings. The molecule has 0 amide bonds. The zero-order valence-electron chi connectivity index (χ0n) is 17.6. The summed E-state index contributed by atoms with van der Waals surface area (Å²) in [5.41, 5.74) is 5.30. The van der Waals surface area contributed by atoms with Gasteiger partial charge in [0.1, 0.15) is 11.8 Å². The second-order valence-electron chi connectivity index (χ2n) is 7.90. The summed E-state index contributed by atoms with van der Waals surface area (Å²) in [5, 5.41) is 5.90. The summed E-state index contributed by atoms with van der Waals surface area (Å²) < 4.78 is 3.50. The molecule has 31 heavy (non-hydrogen) atoms. The molecule has 0 spiro atoms. The minimum absolute atomic E-state index is 0.00975. The van der Waals surface area contributed by atoms with Gasteiger partial charge in [0, 0.05) is 50.1 Å². The normalized spacial score (nSPS) is 12.5. The summed E-state index contributed by atoms with van der Waals surface area (Å²) in [7, 11) is 3.71. The molecule has 0 unspecified atom stereocenters. The number of hydrogen-bond acceptors (Lipinski definition) is 5.